The lowest BCUT2D eigenvalue weighted by Crippen LogP contribution is -2.19. The zero-order valence-electron chi connectivity index (χ0n) is 9.11. The fourth-order valence-electron chi connectivity index (χ4n) is 1.48. The number of pyridine rings is 1. The van der Waals surface area contributed by atoms with Crippen molar-refractivity contribution >= 4 is 23.6 Å². The average Bonchev–Trinajstić information content (AvgIpc) is 2.38. The maximum absolute atomic E-state index is 10.6. The van der Waals surface area contributed by atoms with Gasteiger partial charge in [-0.25, -0.2) is 0 Å². The average molecular weight is 248 g/mol. The molecule has 5 heteroatoms. The first kappa shape index (κ1) is 11.7. The van der Waals surface area contributed by atoms with Crippen molar-refractivity contribution in [3.05, 3.63) is 48.3 Å². The van der Waals surface area contributed by atoms with E-state index >= 15 is 0 Å². The zero-order chi connectivity index (χ0) is 12.1. The highest BCUT2D eigenvalue weighted by Crippen LogP contribution is 2.27. The van der Waals surface area contributed by atoms with Crippen LogP contribution in [0.15, 0.2) is 42.6 Å². The van der Waals surface area contributed by atoms with Crippen molar-refractivity contribution in [2.45, 2.75) is 0 Å². The second-order valence-electron chi connectivity index (χ2n) is 3.42. The first-order chi connectivity index (χ1) is 8.27. The van der Waals surface area contributed by atoms with Crippen molar-refractivity contribution in [3.8, 4) is 0 Å². The molecule has 0 aromatic carbocycles. The van der Waals surface area contributed by atoms with Crippen LogP contribution in [0.25, 0.3) is 5.70 Å². The Kier molecular flexibility index (Phi) is 3.82. The Bertz CT molecular complexity index is 457. The Labute approximate surface area is 104 Å². The molecule has 0 saturated heterocycles. The van der Waals surface area contributed by atoms with Gasteiger partial charge in [0.25, 0.3) is 0 Å². The van der Waals surface area contributed by atoms with Gasteiger partial charge in [0, 0.05) is 12.7 Å². The maximum Gasteiger partial charge on any atom is 0.315 e. The van der Waals surface area contributed by atoms with Gasteiger partial charge in [0.05, 0.1) is 11.4 Å². The Morgan fingerprint density at radius 2 is 2.41 bits per heavy atom. The summed E-state index contributed by atoms with van der Waals surface area (Å²) in [6.45, 7) is 0.695. The minimum atomic E-state index is -0.815. The van der Waals surface area contributed by atoms with Crippen LogP contribution in [0.3, 0.4) is 0 Å². The van der Waals surface area contributed by atoms with E-state index in [2.05, 4.69) is 4.98 Å². The molecule has 4 nitrogen and oxygen atoms in total. The summed E-state index contributed by atoms with van der Waals surface area (Å²) < 4.78 is 1.94. The second-order valence-corrected chi connectivity index (χ2v) is 4.41. The molecule has 2 heterocycles. The van der Waals surface area contributed by atoms with E-state index in [-0.39, 0.29) is 5.75 Å². The Hall–Kier alpha value is -1.75. The summed E-state index contributed by atoms with van der Waals surface area (Å²) in [5, 5.41) is 8.70. The molecule has 1 N–H and O–H groups in total. The summed E-state index contributed by atoms with van der Waals surface area (Å²) in [6, 6.07) is 5.69. The van der Waals surface area contributed by atoms with Gasteiger partial charge < -0.3 is 9.41 Å². The molecule has 0 amide bonds. The highest BCUT2D eigenvalue weighted by molar-refractivity contribution is 7.97. The molecule has 0 unspecified atom stereocenters. The molecular formula is C12H12N2O2S. The van der Waals surface area contributed by atoms with Crippen molar-refractivity contribution in [1.29, 1.82) is 0 Å². The molecule has 1 aromatic heterocycles. The molecule has 0 fully saturated rings. The lowest BCUT2D eigenvalue weighted by molar-refractivity contribution is -0.133. The van der Waals surface area contributed by atoms with Crippen LogP contribution in [-0.2, 0) is 4.79 Å². The molecule has 88 valence electrons. The number of hydrogen-bond acceptors (Lipinski definition) is 4. The van der Waals surface area contributed by atoms with Crippen LogP contribution >= 0.6 is 11.9 Å². The number of rotatable bonds is 4. The standard InChI is InChI=1S/C12H12N2O2S/c15-12(16)9-17-14-8-4-2-6-11(14)10-5-1-3-7-13-10/h1-7H,8-9H2,(H,15,16). The van der Waals surface area contributed by atoms with E-state index in [0.29, 0.717) is 6.54 Å². The van der Waals surface area contributed by atoms with Gasteiger partial charge in [-0.15, -0.1) is 0 Å². The summed E-state index contributed by atoms with van der Waals surface area (Å²) >= 11 is 1.28. The predicted molar refractivity (Wildman–Crippen MR) is 68.2 cm³/mol. The number of nitrogens with zero attached hydrogens (tertiary/aromatic N) is 2. The zero-order valence-corrected chi connectivity index (χ0v) is 9.93. The molecule has 1 aliphatic heterocycles. The SMILES string of the molecule is O=C(O)CSN1CC=CC=C1c1ccccn1. The summed E-state index contributed by atoms with van der Waals surface area (Å²) in [5.41, 5.74) is 1.80. The van der Waals surface area contributed by atoms with E-state index in [1.54, 1.807) is 6.20 Å². The minimum Gasteiger partial charge on any atom is -0.481 e. The van der Waals surface area contributed by atoms with E-state index in [1.807, 2.05) is 40.7 Å². The number of hydrogen-bond donors (Lipinski definition) is 1. The van der Waals surface area contributed by atoms with E-state index in [0.717, 1.165) is 11.4 Å². The van der Waals surface area contributed by atoms with Gasteiger partial charge in [-0.3, -0.25) is 9.78 Å². The molecule has 2 rings (SSSR count). The molecule has 17 heavy (non-hydrogen) atoms. The maximum atomic E-state index is 10.6. The summed E-state index contributed by atoms with van der Waals surface area (Å²) in [6.07, 6.45) is 7.62. The van der Waals surface area contributed by atoms with E-state index in [9.17, 15) is 4.79 Å². The smallest absolute Gasteiger partial charge is 0.315 e. The fraction of sp³-hybridized carbons (Fsp3) is 0.167. The number of carboxylic acid groups (broad SMARTS) is 1. The Morgan fingerprint density at radius 1 is 1.53 bits per heavy atom. The monoisotopic (exact) mass is 248 g/mol. The third kappa shape index (κ3) is 3.10. The summed E-state index contributed by atoms with van der Waals surface area (Å²) in [4.78, 5) is 14.9. The van der Waals surface area contributed by atoms with Gasteiger partial charge in [0.1, 0.15) is 5.75 Å². The van der Waals surface area contributed by atoms with Crippen LogP contribution in [0.2, 0.25) is 0 Å². The quantitative estimate of drug-likeness (QED) is 0.826. The van der Waals surface area contributed by atoms with Gasteiger partial charge in [0.2, 0.25) is 0 Å². The molecule has 0 aliphatic carbocycles. The molecule has 0 atom stereocenters. The molecule has 0 bridgehead atoms. The van der Waals surface area contributed by atoms with Crippen LogP contribution in [0, 0.1) is 0 Å². The normalized spacial score (nSPS) is 14.6. The molecule has 0 spiro atoms. The lowest BCUT2D eigenvalue weighted by Gasteiger charge is -2.25. The van der Waals surface area contributed by atoms with Gasteiger partial charge >= 0.3 is 5.97 Å². The summed E-state index contributed by atoms with van der Waals surface area (Å²) in [7, 11) is 0. The van der Waals surface area contributed by atoms with E-state index in [4.69, 9.17) is 5.11 Å². The number of aromatic nitrogens is 1. The molecule has 1 aromatic rings. The molecule has 0 radical (unpaired) electrons. The van der Waals surface area contributed by atoms with Gasteiger partial charge in [-0.2, -0.15) is 0 Å². The number of carbonyl (C=O) groups is 1. The molecular weight excluding hydrogens is 236 g/mol. The van der Waals surface area contributed by atoms with Crippen molar-refractivity contribution in [2.24, 2.45) is 0 Å². The van der Waals surface area contributed by atoms with Crippen LogP contribution in [0.4, 0.5) is 0 Å². The third-order valence-corrected chi connectivity index (χ3v) is 3.23. The van der Waals surface area contributed by atoms with Gasteiger partial charge in [0.15, 0.2) is 0 Å². The van der Waals surface area contributed by atoms with Crippen molar-refractivity contribution in [2.75, 3.05) is 12.3 Å². The van der Waals surface area contributed by atoms with E-state index in [1.165, 1.54) is 11.9 Å². The first-order valence-corrected chi connectivity index (χ1v) is 6.12. The van der Waals surface area contributed by atoms with Crippen LogP contribution in [0.1, 0.15) is 5.69 Å². The Morgan fingerprint density at radius 3 is 3.12 bits per heavy atom. The fourth-order valence-corrected chi connectivity index (χ4v) is 2.23. The van der Waals surface area contributed by atoms with Crippen LogP contribution < -0.4 is 0 Å². The van der Waals surface area contributed by atoms with Gasteiger partial charge in [-0.1, -0.05) is 18.2 Å². The van der Waals surface area contributed by atoms with Crippen molar-refractivity contribution in [3.63, 3.8) is 0 Å². The minimum absolute atomic E-state index is 0.0536. The van der Waals surface area contributed by atoms with Crippen molar-refractivity contribution in [1.82, 2.24) is 9.29 Å². The number of aliphatic carboxylic acids is 1. The van der Waals surface area contributed by atoms with Crippen LogP contribution in [-0.4, -0.2) is 32.7 Å². The highest BCUT2D eigenvalue weighted by atomic mass is 32.2. The van der Waals surface area contributed by atoms with E-state index < -0.39 is 5.97 Å². The van der Waals surface area contributed by atoms with Gasteiger partial charge in [-0.05, 0) is 30.2 Å². The number of allylic oxidation sites excluding steroid dienone is 2. The Balaban J connectivity index is 2.15. The van der Waals surface area contributed by atoms with Crippen LogP contribution in [0.5, 0.6) is 0 Å². The summed E-state index contributed by atoms with van der Waals surface area (Å²) in [5.74, 6) is -0.761. The third-order valence-electron chi connectivity index (χ3n) is 2.20. The van der Waals surface area contributed by atoms with Crippen molar-refractivity contribution < 1.29 is 9.90 Å². The second kappa shape index (κ2) is 5.54. The topological polar surface area (TPSA) is 53.4 Å². The largest absolute Gasteiger partial charge is 0.481 e. The molecule has 1 aliphatic rings. The highest BCUT2D eigenvalue weighted by Gasteiger charge is 2.15. The predicted octanol–water partition coefficient (Wildman–Crippen LogP) is 2.03. The lowest BCUT2D eigenvalue weighted by atomic mass is 10.2. The first-order valence-electron chi connectivity index (χ1n) is 5.18. The number of carboxylic acids is 1. The molecule has 0 saturated carbocycles.